The minimum atomic E-state index is 0.793. The minimum absolute atomic E-state index is 0.793. The van der Waals surface area contributed by atoms with Crippen molar-refractivity contribution in [2.75, 3.05) is 0 Å². The van der Waals surface area contributed by atoms with Crippen LogP contribution >= 0.6 is 0 Å². The summed E-state index contributed by atoms with van der Waals surface area (Å²) in [5.41, 5.74) is 4.71. The first-order valence-corrected chi connectivity index (χ1v) is 11.3. The van der Waals surface area contributed by atoms with Crippen LogP contribution in [0.25, 0.3) is 49.2 Å². The van der Waals surface area contributed by atoms with Gasteiger partial charge in [0, 0.05) is 0 Å². The van der Waals surface area contributed by atoms with Crippen LogP contribution in [0.3, 0.4) is 0 Å². The van der Waals surface area contributed by atoms with E-state index in [0.717, 1.165) is 5.92 Å². The van der Waals surface area contributed by atoms with E-state index in [1.807, 2.05) is 0 Å². The largest absolute Gasteiger partial charge is 0.0662 e. The smallest absolute Gasteiger partial charge is 0.0159 e. The second kappa shape index (κ2) is 6.19. The van der Waals surface area contributed by atoms with Crippen molar-refractivity contribution in [2.24, 2.45) is 5.92 Å². The molecule has 0 heterocycles. The lowest BCUT2D eigenvalue weighted by molar-refractivity contribution is 0.450. The zero-order valence-electron chi connectivity index (χ0n) is 17.1. The lowest BCUT2D eigenvalue weighted by Crippen LogP contribution is -2.16. The highest BCUT2D eigenvalue weighted by atomic mass is 14.3. The zero-order chi connectivity index (χ0) is 19.7. The summed E-state index contributed by atoms with van der Waals surface area (Å²) < 4.78 is 0. The molecule has 0 N–H and O–H groups in total. The highest BCUT2D eigenvalue weighted by molar-refractivity contribution is 6.08. The van der Waals surface area contributed by atoms with E-state index >= 15 is 0 Å². The average molecular weight is 385 g/mol. The van der Waals surface area contributed by atoms with Crippen molar-refractivity contribution < 1.29 is 0 Å². The van der Waals surface area contributed by atoms with Crippen molar-refractivity contribution in [3.63, 3.8) is 0 Å². The summed E-state index contributed by atoms with van der Waals surface area (Å²) in [5, 5.41) is 10.7. The van der Waals surface area contributed by atoms with Gasteiger partial charge >= 0.3 is 0 Å². The topological polar surface area (TPSA) is 0 Å². The van der Waals surface area contributed by atoms with Crippen molar-refractivity contribution >= 4 is 49.2 Å². The monoisotopic (exact) mass is 384 g/mol. The molecular weight excluding hydrogens is 360 g/mol. The highest BCUT2D eigenvalue weighted by Crippen LogP contribution is 2.40. The predicted octanol–water partition coefficient (Wildman–Crippen LogP) is 8.43. The molecule has 30 heavy (non-hydrogen) atoms. The number of allylic oxidation sites excluding steroid dienone is 1. The van der Waals surface area contributed by atoms with Crippen LogP contribution in [0, 0.1) is 5.92 Å². The summed E-state index contributed by atoms with van der Waals surface area (Å²) in [6.45, 7) is 0. The fourth-order valence-electron chi connectivity index (χ4n) is 5.87. The lowest BCUT2D eigenvalue weighted by atomic mass is 9.75. The molecule has 2 aliphatic carbocycles. The molecule has 0 radical (unpaired) electrons. The van der Waals surface area contributed by atoms with Gasteiger partial charge in [0.1, 0.15) is 0 Å². The zero-order valence-corrected chi connectivity index (χ0v) is 17.1. The minimum Gasteiger partial charge on any atom is -0.0662 e. The van der Waals surface area contributed by atoms with E-state index < -0.39 is 0 Å². The summed E-state index contributed by atoms with van der Waals surface area (Å²) in [6, 6.07) is 27.8. The molecule has 144 valence electrons. The van der Waals surface area contributed by atoms with E-state index in [-0.39, 0.29) is 0 Å². The van der Waals surface area contributed by atoms with Crippen LogP contribution in [0.4, 0.5) is 0 Å². The number of rotatable bonds is 0. The second-order valence-electron chi connectivity index (χ2n) is 9.36. The van der Waals surface area contributed by atoms with Gasteiger partial charge < -0.3 is 0 Å². The van der Waals surface area contributed by atoms with Crippen LogP contribution in [0.1, 0.15) is 36.8 Å². The molecule has 0 nitrogen and oxygen atoms in total. The first-order chi connectivity index (χ1) is 14.8. The van der Waals surface area contributed by atoms with Crippen molar-refractivity contribution in [2.45, 2.75) is 32.1 Å². The summed E-state index contributed by atoms with van der Waals surface area (Å²) in [7, 11) is 0. The molecular formula is C30H24. The van der Waals surface area contributed by atoms with Gasteiger partial charge in [-0.1, -0.05) is 48.4 Å². The Morgan fingerprint density at radius 3 is 1.80 bits per heavy atom. The summed E-state index contributed by atoms with van der Waals surface area (Å²) >= 11 is 0. The van der Waals surface area contributed by atoms with Crippen LogP contribution in [-0.4, -0.2) is 0 Å². The Balaban J connectivity index is 1.45. The molecule has 0 aromatic heterocycles. The molecule has 7 rings (SSSR count). The van der Waals surface area contributed by atoms with Crippen molar-refractivity contribution in [1.82, 2.24) is 0 Å². The van der Waals surface area contributed by atoms with E-state index in [2.05, 4.69) is 78.9 Å². The Hall–Kier alpha value is -3.12. The third-order valence-corrected chi connectivity index (χ3v) is 7.47. The molecule has 0 saturated heterocycles. The van der Waals surface area contributed by atoms with Crippen molar-refractivity contribution in [1.29, 1.82) is 0 Å². The third-order valence-electron chi connectivity index (χ3n) is 7.47. The Bertz CT molecular complexity index is 1520. The lowest BCUT2D eigenvalue weighted by Gasteiger charge is -2.30. The van der Waals surface area contributed by atoms with Crippen LogP contribution in [-0.2, 0) is 6.42 Å². The predicted molar refractivity (Wildman–Crippen MR) is 130 cm³/mol. The van der Waals surface area contributed by atoms with Gasteiger partial charge in [-0.15, -0.1) is 0 Å². The van der Waals surface area contributed by atoms with Crippen LogP contribution < -0.4 is 0 Å². The molecule has 2 aliphatic rings. The Kier molecular flexibility index (Phi) is 3.44. The molecule has 0 spiro atoms. The summed E-state index contributed by atoms with van der Waals surface area (Å²) in [6.07, 6.45) is 9.20. The van der Waals surface area contributed by atoms with Crippen LogP contribution in [0.5, 0.6) is 0 Å². The van der Waals surface area contributed by atoms with E-state index in [1.165, 1.54) is 80.8 Å². The normalized spacial score (nSPS) is 18.5. The molecule has 1 saturated carbocycles. The van der Waals surface area contributed by atoms with Gasteiger partial charge in [0.2, 0.25) is 0 Å². The Morgan fingerprint density at radius 1 is 0.567 bits per heavy atom. The van der Waals surface area contributed by atoms with Crippen molar-refractivity contribution in [3.8, 4) is 0 Å². The molecule has 0 amide bonds. The Labute approximate surface area is 176 Å². The van der Waals surface area contributed by atoms with Crippen LogP contribution in [0.2, 0.25) is 0 Å². The van der Waals surface area contributed by atoms with E-state index in [1.54, 1.807) is 11.1 Å². The fraction of sp³-hybridized carbons (Fsp3) is 0.200. The third kappa shape index (κ3) is 2.53. The van der Waals surface area contributed by atoms with E-state index in [4.69, 9.17) is 0 Å². The highest BCUT2D eigenvalue weighted by Gasteiger charge is 2.24. The number of fused-ring (bicyclic) bond motifs is 6. The number of hydrogen-bond donors (Lipinski definition) is 0. The van der Waals surface area contributed by atoms with Gasteiger partial charge in [-0.3, -0.25) is 0 Å². The van der Waals surface area contributed by atoms with Gasteiger partial charge in [-0.05, 0) is 128 Å². The standard InChI is InChI=1S/C30H24/c1-2-6-20-10-24-14-28-18-30-16-26-12-22-8-4-3-7-21(22)11-25(26)15-29(30)17-27(28)13-23(24)9-19(20)5-1/h1-2,5-6,9-11,13-18,22H,3-4,7-8,12H2. The van der Waals surface area contributed by atoms with Gasteiger partial charge in [-0.2, -0.15) is 0 Å². The first kappa shape index (κ1) is 16.7. The van der Waals surface area contributed by atoms with E-state index in [0.29, 0.717) is 0 Å². The van der Waals surface area contributed by atoms with E-state index in [9.17, 15) is 0 Å². The van der Waals surface area contributed by atoms with Crippen molar-refractivity contribution in [3.05, 3.63) is 89.5 Å². The van der Waals surface area contributed by atoms with Gasteiger partial charge in [0.05, 0.1) is 0 Å². The van der Waals surface area contributed by atoms with Gasteiger partial charge in [-0.25, -0.2) is 0 Å². The van der Waals surface area contributed by atoms with Gasteiger partial charge in [0.25, 0.3) is 0 Å². The molecule has 0 bridgehead atoms. The molecule has 0 aliphatic heterocycles. The maximum absolute atomic E-state index is 2.51. The average Bonchev–Trinajstić information content (AvgIpc) is 2.77. The first-order valence-electron chi connectivity index (χ1n) is 11.3. The maximum Gasteiger partial charge on any atom is -0.0159 e. The molecule has 1 unspecified atom stereocenters. The molecule has 5 aromatic rings. The second-order valence-corrected chi connectivity index (χ2v) is 9.36. The molecule has 0 heteroatoms. The number of benzene rings is 5. The summed E-state index contributed by atoms with van der Waals surface area (Å²) in [5.74, 6) is 0.793. The number of hydrogen-bond acceptors (Lipinski definition) is 0. The summed E-state index contributed by atoms with van der Waals surface area (Å²) in [4.78, 5) is 0. The molecule has 1 fully saturated rings. The molecule has 1 atom stereocenters. The fourth-order valence-corrected chi connectivity index (χ4v) is 5.87. The SMILES string of the molecule is C1=C2CCCCC2Cc2cc3cc4cc5cc6ccccc6cc5cc4cc3cc21. The quantitative estimate of drug-likeness (QED) is 0.235. The maximum atomic E-state index is 2.51. The van der Waals surface area contributed by atoms with Crippen LogP contribution in [0.15, 0.2) is 78.4 Å². The molecule has 5 aromatic carbocycles. The van der Waals surface area contributed by atoms with Gasteiger partial charge in [0.15, 0.2) is 0 Å². The Morgan fingerprint density at radius 2 is 1.13 bits per heavy atom.